The average Bonchev–Trinajstić information content (AvgIpc) is 3.13. The van der Waals surface area contributed by atoms with Gasteiger partial charge in [0.2, 0.25) is 5.91 Å². The van der Waals surface area contributed by atoms with Crippen LogP contribution in [0.2, 0.25) is 0 Å². The van der Waals surface area contributed by atoms with Crippen LogP contribution in [0, 0.1) is 0 Å². The molecule has 188 valence electrons. The lowest BCUT2D eigenvalue weighted by Gasteiger charge is -2.22. The Morgan fingerprint density at radius 2 is 1.60 bits per heavy atom. The number of carbonyl (C=O) groups excluding carboxylic acids is 3. The van der Waals surface area contributed by atoms with E-state index in [1.165, 1.54) is 0 Å². The topological polar surface area (TPSA) is 114 Å². The molecule has 0 radical (unpaired) electrons. The van der Waals surface area contributed by atoms with Gasteiger partial charge in [0.25, 0.3) is 0 Å². The molecule has 0 unspecified atom stereocenters. The number of aliphatic hydroxyl groups is 1. The number of nitrogens with one attached hydrogen (secondary N) is 2. The van der Waals surface area contributed by atoms with Crippen molar-refractivity contribution in [3.63, 3.8) is 0 Å². The number of amides is 2. The highest BCUT2D eigenvalue weighted by molar-refractivity contribution is 5.86. The van der Waals surface area contributed by atoms with Crippen LogP contribution in [0.3, 0.4) is 0 Å². The van der Waals surface area contributed by atoms with Crippen LogP contribution >= 0.6 is 0 Å². The van der Waals surface area contributed by atoms with Crippen LogP contribution < -0.4 is 10.6 Å². The van der Waals surface area contributed by atoms with Crippen molar-refractivity contribution in [1.29, 1.82) is 0 Å². The number of fused-ring (bicyclic) bond motifs is 3. The van der Waals surface area contributed by atoms with Gasteiger partial charge in [-0.25, -0.2) is 4.79 Å². The van der Waals surface area contributed by atoms with E-state index in [0.29, 0.717) is 6.42 Å². The largest absolute Gasteiger partial charge is 0.460 e. The Morgan fingerprint density at radius 1 is 1.00 bits per heavy atom. The Kier molecular flexibility index (Phi) is 8.87. The van der Waals surface area contributed by atoms with E-state index >= 15 is 0 Å². The number of esters is 1. The van der Waals surface area contributed by atoms with Crippen LogP contribution in [0.25, 0.3) is 11.1 Å². The maximum atomic E-state index is 12.7. The summed E-state index contributed by atoms with van der Waals surface area (Å²) in [4.78, 5) is 37.4. The van der Waals surface area contributed by atoms with Crippen molar-refractivity contribution in [2.75, 3.05) is 19.8 Å². The Hall–Kier alpha value is -3.39. The van der Waals surface area contributed by atoms with Crippen molar-refractivity contribution in [3.05, 3.63) is 59.7 Å². The second-order valence-corrected chi connectivity index (χ2v) is 9.52. The maximum Gasteiger partial charge on any atom is 0.407 e. The highest BCUT2D eigenvalue weighted by Crippen LogP contribution is 2.44. The molecule has 2 aromatic rings. The molecule has 1 aliphatic carbocycles. The summed E-state index contributed by atoms with van der Waals surface area (Å²) in [5, 5.41) is 14.2. The predicted molar refractivity (Wildman–Crippen MR) is 132 cm³/mol. The van der Waals surface area contributed by atoms with Gasteiger partial charge < -0.3 is 25.2 Å². The van der Waals surface area contributed by atoms with Crippen LogP contribution in [0.1, 0.15) is 57.1 Å². The first-order chi connectivity index (χ1) is 16.7. The fourth-order valence-corrected chi connectivity index (χ4v) is 4.12. The van der Waals surface area contributed by atoms with Crippen molar-refractivity contribution < 1.29 is 29.0 Å². The lowest BCUT2D eigenvalue weighted by molar-refractivity contribution is -0.155. The second-order valence-electron chi connectivity index (χ2n) is 9.52. The van der Waals surface area contributed by atoms with Gasteiger partial charge in [-0.3, -0.25) is 9.59 Å². The average molecular weight is 483 g/mol. The smallest absolute Gasteiger partial charge is 0.407 e. The van der Waals surface area contributed by atoms with Gasteiger partial charge in [-0.05, 0) is 55.9 Å². The minimum absolute atomic E-state index is 0.0426. The standard InChI is InChI=1S/C27H34N2O6/c1-27(2,3)35-24(31)14-13-23(25(32)28-15-8-16-30)29-26(33)34-17-22-20-11-6-4-9-18(20)19-10-5-7-12-21(19)22/h4-7,9-12,22-23,30H,8,13-17H2,1-3H3,(H,28,32)(H,29,33)/t23-/m0/s1. The van der Waals surface area contributed by atoms with Gasteiger partial charge in [-0.1, -0.05) is 48.5 Å². The molecule has 0 spiro atoms. The third-order valence-corrected chi connectivity index (χ3v) is 5.64. The molecule has 35 heavy (non-hydrogen) atoms. The maximum absolute atomic E-state index is 12.7. The summed E-state index contributed by atoms with van der Waals surface area (Å²) in [6.45, 7) is 5.59. The number of benzene rings is 2. The molecule has 8 nitrogen and oxygen atoms in total. The van der Waals surface area contributed by atoms with Gasteiger partial charge in [0.1, 0.15) is 18.2 Å². The zero-order chi connectivity index (χ0) is 25.4. The van der Waals surface area contributed by atoms with Gasteiger partial charge in [0, 0.05) is 25.5 Å². The number of rotatable bonds is 10. The van der Waals surface area contributed by atoms with Gasteiger partial charge in [0.15, 0.2) is 0 Å². The Bertz CT molecular complexity index is 1000. The number of hydrogen-bond donors (Lipinski definition) is 3. The van der Waals surface area contributed by atoms with Gasteiger partial charge >= 0.3 is 12.1 Å². The van der Waals surface area contributed by atoms with Gasteiger partial charge in [-0.15, -0.1) is 0 Å². The zero-order valence-corrected chi connectivity index (χ0v) is 20.5. The van der Waals surface area contributed by atoms with Crippen LogP contribution in [-0.4, -0.2) is 54.5 Å². The highest BCUT2D eigenvalue weighted by atomic mass is 16.6. The molecule has 0 saturated carbocycles. The summed E-state index contributed by atoms with van der Waals surface area (Å²) in [6.07, 6.45) is -0.336. The van der Waals surface area contributed by atoms with Crippen molar-refractivity contribution >= 4 is 18.0 Å². The monoisotopic (exact) mass is 482 g/mol. The normalized spacial score (nSPS) is 13.4. The fourth-order valence-electron chi connectivity index (χ4n) is 4.12. The minimum atomic E-state index is -0.975. The molecule has 3 N–H and O–H groups in total. The molecule has 2 aromatic carbocycles. The Morgan fingerprint density at radius 3 is 2.17 bits per heavy atom. The molecule has 3 rings (SSSR count). The molecular formula is C27H34N2O6. The first-order valence-corrected chi connectivity index (χ1v) is 11.9. The molecule has 1 aliphatic rings. The molecule has 0 saturated heterocycles. The van der Waals surface area contributed by atoms with Crippen molar-refractivity contribution in [1.82, 2.24) is 10.6 Å². The van der Waals surface area contributed by atoms with E-state index in [-0.39, 0.29) is 38.5 Å². The summed E-state index contributed by atoms with van der Waals surface area (Å²) in [7, 11) is 0. The molecule has 0 bridgehead atoms. The summed E-state index contributed by atoms with van der Waals surface area (Å²) >= 11 is 0. The van der Waals surface area contributed by atoms with E-state index in [1.54, 1.807) is 20.8 Å². The van der Waals surface area contributed by atoms with Crippen LogP contribution in [-0.2, 0) is 19.1 Å². The second kappa shape index (κ2) is 11.8. The number of hydrogen-bond acceptors (Lipinski definition) is 6. The highest BCUT2D eigenvalue weighted by Gasteiger charge is 2.30. The summed E-state index contributed by atoms with van der Waals surface area (Å²) < 4.78 is 10.9. The van der Waals surface area contributed by atoms with Crippen molar-refractivity contribution in [2.24, 2.45) is 0 Å². The lowest BCUT2D eigenvalue weighted by Crippen LogP contribution is -2.47. The van der Waals surface area contributed by atoms with Gasteiger partial charge in [0.05, 0.1) is 0 Å². The molecule has 8 heteroatoms. The first kappa shape index (κ1) is 26.2. The molecule has 2 amide bonds. The molecule has 0 aliphatic heterocycles. The summed E-state index contributed by atoms with van der Waals surface area (Å²) in [5.41, 5.74) is 3.77. The zero-order valence-electron chi connectivity index (χ0n) is 20.5. The quantitative estimate of drug-likeness (QED) is 0.353. The Balaban J connectivity index is 1.62. The minimum Gasteiger partial charge on any atom is -0.460 e. The van der Waals surface area contributed by atoms with E-state index in [4.69, 9.17) is 14.6 Å². The van der Waals surface area contributed by atoms with Crippen LogP contribution in [0.5, 0.6) is 0 Å². The van der Waals surface area contributed by atoms with Crippen LogP contribution in [0.4, 0.5) is 4.79 Å². The van der Waals surface area contributed by atoms with E-state index in [2.05, 4.69) is 22.8 Å². The van der Waals surface area contributed by atoms with E-state index in [0.717, 1.165) is 22.3 Å². The third-order valence-electron chi connectivity index (χ3n) is 5.64. The van der Waals surface area contributed by atoms with E-state index in [9.17, 15) is 14.4 Å². The number of ether oxygens (including phenoxy) is 2. The molecule has 1 atom stereocenters. The van der Waals surface area contributed by atoms with Crippen LogP contribution in [0.15, 0.2) is 48.5 Å². The lowest BCUT2D eigenvalue weighted by atomic mass is 9.98. The van der Waals surface area contributed by atoms with Gasteiger partial charge in [-0.2, -0.15) is 0 Å². The fraction of sp³-hybridized carbons (Fsp3) is 0.444. The molecule has 0 heterocycles. The van der Waals surface area contributed by atoms with E-state index in [1.807, 2.05) is 36.4 Å². The van der Waals surface area contributed by atoms with E-state index < -0.39 is 29.6 Å². The third kappa shape index (κ3) is 7.29. The predicted octanol–water partition coefficient (Wildman–Crippen LogP) is 3.51. The SMILES string of the molecule is CC(C)(C)OC(=O)CC[C@H](NC(=O)OCC1c2ccccc2-c2ccccc21)C(=O)NCCCO. The number of alkyl carbamates (subject to hydrolysis) is 1. The van der Waals surface area contributed by atoms with Crippen molar-refractivity contribution in [2.45, 2.75) is 57.6 Å². The van der Waals surface area contributed by atoms with Crippen molar-refractivity contribution in [3.8, 4) is 11.1 Å². The molecule has 0 aromatic heterocycles. The Labute approximate surface area is 206 Å². The molecule has 0 fully saturated rings. The number of carbonyl (C=O) groups is 3. The number of aliphatic hydroxyl groups excluding tert-OH is 1. The summed E-state index contributed by atoms with van der Waals surface area (Å²) in [5.74, 6) is -1.01. The first-order valence-electron chi connectivity index (χ1n) is 11.9. The summed E-state index contributed by atoms with van der Waals surface area (Å²) in [6, 6.07) is 15.1. The molecular weight excluding hydrogens is 448 g/mol.